The summed E-state index contributed by atoms with van der Waals surface area (Å²) in [4.78, 5) is 10.3. The van der Waals surface area contributed by atoms with Crippen LogP contribution >= 0.6 is 0 Å². The van der Waals surface area contributed by atoms with Crippen LogP contribution in [-0.4, -0.2) is 4.92 Å². The number of para-hydroxylation sites is 1. The van der Waals surface area contributed by atoms with Crippen molar-refractivity contribution in [3.8, 4) is 11.5 Å². The normalized spacial score (nSPS) is 10.1. The molecule has 0 amide bonds. The molecule has 0 atom stereocenters. The molecule has 4 nitrogen and oxygen atoms in total. The first-order valence-corrected chi connectivity index (χ1v) is 5.56. The lowest BCUT2D eigenvalue weighted by Crippen LogP contribution is -1.93. The van der Waals surface area contributed by atoms with Gasteiger partial charge in [0.1, 0.15) is 11.5 Å². The van der Waals surface area contributed by atoms with E-state index >= 15 is 0 Å². The average molecular weight is 243 g/mol. The molecule has 18 heavy (non-hydrogen) atoms. The summed E-state index contributed by atoms with van der Waals surface area (Å²) in [5.41, 5.74) is 1.89. The van der Waals surface area contributed by atoms with Crippen molar-refractivity contribution in [2.75, 3.05) is 0 Å². The van der Waals surface area contributed by atoms with E-state index in [1.807, 2.05) is 38.1 Å². The van der Waals surface area contributed by atoms with Crippen LogP contribution in [0.3, 0.4) is 0 Å². The third kappa shape index (κ3) is 2.48. The smallest absolute Gasteiger partial charge is 0.273 e. The monoisotopic (exact) mass is 243 g/mol. The van der Waals surface area contributed by atoms with Gasteiger partial charge < -0.3 is 4.74 Å². The molecule has 0 saturated heterocycles. The van der Waals surface area contributed by atoms with E-state index in [1.165, 1.54) is 12.1 Å². The summed E-state index contributed by atoms with van der Waals surface area (Å²) < 4.78 is 5.73. The SMILES string of the molecule is Cc1ccccc1Oc1cc([N+](=O)[O-])ccc1C. The lowest BCUT2D eigenvalue weighted by Gasteiger charge is -2.10. The molecule has 0 aliphatic rings. The molecule has 0 spiro atoms. The highest BCUT2D eigenvalue weighted by molar-refractivity contribution is 5.46. The number of non-ortho nitro benzene ring substituents is 1. The Kier molecular flexibility index (Phi) is 3.28. The quantitative estimate of drug-likeness (QED) is 0.604. The van der Waals surface area contributed by atoms with Crippen molar-refractivity contribution in [1.82, 2.24) is 0 Å². The summed E-state index contributed by atoms with van der Waals surface area (Å²) in [5, 5.41) is 10.7. The van der Waals surface area contributed by atoms with E-state index in [2.05, 4.69) is 0 Å². The minimum absolute atomic E-state index is 0.0317. The van der Waals surface area contributed by atoms with Gasteiger partial charge in [-0.1, -0.05) is 18.2 Å². The highest BCUT2D eigenvalue weighted by Gasteiger charge is 2.10. The minimum atomic E-state index is -0.426. The van der Waals surface area contributed by atoms with Crippen molar-refractivity contribution in [2.24, 2.45) is 0 Å². The largest absolute Gasteiger partial charge is 0.457 e. The second kappa shape index (κ2) is 4.87. The first-order chi connectivity index (χ1) is 8.58. The molecule has 2 aromatic rings. The summed E-state index contributed by atoms with van der Waals surface area (Å²) in [6.07, 6.45) is 0. The first-order valence-electron chi connectivity index (χ1n) is 5.56. The third-order valence-corrected chi connectivity index (χ3v) is 2.70. The Morgan fingerprint density at radius 2 is 1.67 bits per heavy atom. The van der Waals surface area contributed by atoms with Gasteiger partial charge in [-0.15, -0.1) is 0 Å². The Labute approximate surface area is 105 Å². The van der Waals surface area contributed by atoms with Crippen LogP contribution in [0.5, 0.6) is 11.5 Å². The van der Waals surface area contributed by atoms with Crippen molar-refractivity contribution in [3.05, 3.63) is 63.7 Å². The molecule has 0 unspecified atom stereocenters. The number of hydrogen-bond donors (Lipinski definition) is 0. The maximum Gasteiger partial charge on any atom is 0.273 e. The fraction of sp³-hybridized carbons (Fsp3) is 0.143. The van der Waals surface area contributed by atoms with Crippen molar-refractivity contribution in [1.29, 1.82) is 0 Å². The molecule has 0 fully saturated rings. The van der Waals surface area contributed by atoms with Gasteiger partial charge in [0, 0.05) is 6.07 Å². The van der Waals surface area contributed by atoms with Crippen LogP contribution in [-0.2, 0) is 0 Å². The van der Waals surface area contributed by atoms with Gasteiger partial charge in [0.05, 0.1) is 11.0 Å². The van der Waals surface area contributed by atoms with E-state index in [4.69, 9.17) is 4.74 Å². The molecular formula is C14H13NO3. The molecule has 0 aliphatic heterocycles. The Hall–Kier alpha value is -2.36. The van der Waals surface area contributed by atoms with Crippen molar-refractivity contribution >= 4 is 5.69 Å². The van der Waals surface area contributed by atoms with Gasteiger partial charge >= 0.3 is 0 Å². The van der Waals surface area contributed by atoms with Gasteiger partial charge in [0.15, 0.2) is 0 Å². The van der Waals surface area contributed by atoms with Crippen LogP contribution in [0.25, 0.3) is 0 Å². The number of aryl methyl sites for hydroxylation is 2. The van der Waals surface area contributed by atoms with Crippen molar-refractivity contribution < 1.29 is 9.66 Å². The molecular weight excluding hydrogens is 230 g/mol. The standard InChI is InChI=1S/C14H13NO3/c1-10-5-3-4-6-13(10)18-14-9-12(15(16)17)8-7-11(14)2/h3-9H,1-2H3. The number of rotatable bonds is 3. The molecule has 0 bridgehead atoms. The van der Waals surface area contributed by atoms with Crippen LogP contribution in [0.4, 0.5) is 5.69 Å². The molecule has 92 valence electrons. The average Bonchev–Trinajstić information content (AvgIpc) is 2.34. The fourth-order valence-corrected chi connectivity index (χ4v) is 1.60. The lowest BCUT2D eigenvalue weighted by molar-refractivity contribution is -0.384. The van der Waals surface area contributed by atoms with Crippen molar-refractivity contribution in [2.45, 2.75) is 13.8 Å². The zero-order chi connectivity index (χ0) is 13.1. The van der Waals surface area contributed by atoms with E-state index < -0.39 is 4.92 Å². The molecule has 0 saturated carbocycles. The molecule has 2 aromatic carbocycles. The minimum Gasteiger partial charge on any atom is -0.457 e. The van der Waals surface area contributed by atoms with Crippen LogP contribution in [0.15, 0.2) is 42.5 Å². The van der Waals surface area contributed by atoms with Crippen LogP contribution in [0.2, 0.25) is 0 Å². The molecule has 0 N–H and O–H groups in total. The van der Waals surface area contributed by atoms with Crippen molar-refractivity contribution in [3.63, 3.8) is 0 Å². The number of hydrogen-bond acceptors (Lipinski definition) is 3. The van der Waals surface area contributed by atoms with E-state index in [1.54, 1.807) is 6.07 Å². The lowest BCUT2D eigenvalue weighted by atomic mass is 10.2. The summed E-state index contributed by atoms with van der Waals surface area (Å²) in [6, 6.07) is 12.2. The van der Waals surface area contributed by atoms with Gasteiger partial charge in [0.2, 0.25) is 0 Å². The third-order valence-electron chi connectivity index (χ3n) is 2.70. The van der Waals surface area contributed by atoms with Gasteiger partial charge in [-0.05, 0) is 37.1 Å². The number of nitrogens with zero attached hydrogens (tertiary/aromatic N) is 1. The zero-order valence-electron chi connectivity index (χ0n) is 10.2. The number of nitro benzene ring substituents is 1. The Bertz CT molecular complexity index is 593. The number of nitro groups is 1. The summed E-state index contributed by atoms with van der Waals surface area (Å²) in [7, 11) is 0. The van der Waals surface area contributed by atoms with E-state index in [0.29, 0.717) is 11.5 Å². The topological polar surface area (TPSA) is 52.4 Å². The molecule has 0 aromatic heterocycles. The highest BCUT2D eigenvalue weighted by atomic mass is 16.6. The first kappa shape index (κ1) is 12.1. The zero-order valence-corrected chi connectivity index (χ0v) is 10.2. The van der Waals surface area contributed by atoms with E-state index in [-0.39, 0.29) is 5.69 Å². The maximum atomic E-state index is 10.7. The van der Waals surface area contributed by atoms with Gasteiger partial charge in [-0.2, -0.15) is 0 Å². The Balaban J connectivity index is 2.37. The molecule has 2 rings (SSSR count). The molecule has 0 aliphatic carbocycles. The summed E-state index contributed by atoms with van der Waals surface area (Å²) in [5.74, 6) is 1.22. The number of ether oxygens (including phenoxy) is 1. The van der Waals surface area contributed by atoms with Crippen LogP contribution in [0, 0.1) is 24.0 Å². The Morgan fingerprint density at radius 1 is 1.00 bits per heavy atom. The van der Waals surface area contributed by atoms with Crippen LogP contribution < -0.4 is 4.74 Å². The number of benzene rings is 2. The maximum absolute atomic E-state index is 10.7. The van der Waals surface area contributed by atoms with Gasteiger partial charge in [-0.3, -0.25) is 10.1 Å². The highest BCUT2D eigenvalue weighted by Crippen LogP contribution is 2.30. The second-order valence-corrected chi connectivity index (χ2v) is 4.07. The predicted molar refractivity (Wildman–Crippen MR) is 69.1 cm³/mol. The predicted octanol–water partition coefficient (Wildman–Crippen LogP) is 4.00. The van der Waals surface area contributed by atoms with Crippen LogP contribution in [0.1, 0.15) is 11.1 Å². The van der Waals surface area contributed by atoms with Gasteiger partial charge in [0.25, 0.3) is 5.69 Å². The molecule has 0 radical (unpaired) electrons. The molecule has 4 heteroatoms. The van der Waals surface area contributed by atoms with E-state index in [0.717, 1.165) is 11.1 Å². The van der Waals surface area contributed by atoms with Gasteiger partial charge in [-0.25, -0.2) is 0 Å². The summed E-state index contributed by atoms with van der Waals surface area (Å²) in [6.45, 7) is 3.79. The van der Waals surface area contributed by atoms with E-state index in [9.17, 15) is 10.1 Å². The summed E-state index contributed by atoms with van der Waals surface area (Å²) >= 11 is 0. The fourth-order valence-electron chi connectivity index (χ4n) is 1.60. The molecule has 0 heterocycles. The second-order valence-electron chi connectivity index (χ2n) is 4.07. The Morgan fingerprint density at radius 3 is 2.33 bits per heavy atom.